The SMILES string of the molecule is CCN(CCCl)C(=O)c1cccnc1OC. The van der Waals surface area contributed by atoms with Gasteiger partial charge in [-0.3, -0.25) is 4.79 Å². The number of methoxy groups -OCH3 is 1. The van der Waals surface area contributed by atoms with E-state index in [9.17, 15) is 4.79 Å². The summed E-state index contributed by atoms with van der Waals surface area (Å²) in [5.74, 6) is 0.663. The van der Waals surface area contributed by atoms with E-state index in [-0.39, 0.29) is 5.91 Å². The molecular weight excluding hydrogens is 228 g/mol. The van der Waals surface area contributed by atoms with Gasteiger partial charge in [-0.15, -0.1) is 11.6 Å². The lowest BCUT2D eigenvalue weighted by Crippen LogP contribution is -2.32. The van der Waals surface area contributed by atoms with E-state index < -0.39 is 0 Å². The van der Waals surface area contributed by atoms with Crippen molar-refractivity contribution in [2.45, 2.75) is 6.92 Å². The van der Waals surface area contributed by atoms with E-state index in [4.69, 9.17) is 16.3 Å². The molecule has 0 fully saturated rings. The first-order chi connectivity index (χ1) is 7.74. The Morgan fingerprint density at radius 3 is 2.94 bits per heavy atom. The van der Waals surface area contributed by atoms with E-state index in [0.717, 1.165) is 0 Å². The van der Waals surface area contributed by atoms with E-state index in [1.165, 1.54) is 7.11 Å². The summed E-state index contributed by atoms with van der Waals surface area (Å²) in [7, 11) is 1.50. The summed E-state index contributed by atoms with van der Waals surface area (Å²) in [5, 5.41) is 0. The Morgan fingerprint density at radius 2 is 2.38 bits per heavy atom. The molecule has 5 heteroatoms. The van der Waals surface area contributed by atoms with E-state index >= 15 is 0 Å². The first-order valence-electron chi connectivity index (χ1n) is 5.08. The summed E-state index contributed by atoms with van der Waals surface area (Å²) in [6.07, 6.45) is 1.59. The molecule has 0 aliphatic heterocycles. The lowest BCUT2D eigenvalue weighted by atomic mass is 10.2. The number of hydrogen-bond donors (Lipinski definition) is 0. The minimum absolute atomic E-state index is 0.104. The molecule has 1 aromatic heterocycles. The number of carbonyl (C=O) groups is 1. The normalized spacial score (nSPS) is 9.94. The van der Waals surface area contributed by atoms with Crippen LogP contribution in [0.2, 0.25) is 0 Å². The number of ether oxygens (including phenoxy) is 1. The fourth-order valence-corrected chi connectivity index (χ4v) is 1.60. The second-order valence-electron chi connectivity index (χ2n) is 3.13. The zero-order chi connectivity index (χ0) is 12.0. The Morgan fingerprint density at radius 1 is 1.62 bits per heavy atom. The minimum atomic E-state index is -0.104. The summed E-state index contributed by atoms with van der Waals surface area (Å²) in [6.45, 7) is 3.05. The fourth-order valence-electron chi connectivity index (χ4n) is 1.39. The number of hydrogen-bond acceptors (Lipinski definition) is 3. The molecule has 1 heterocycles. The molecule has 1 amide bonds. The second-order valence-corrected chi connectivity index (χ2v) is 3.51. The predicted molar refractivity (Wildman–Crippen MR) is 63.1 cm³/mol. The Labute approximate surface area is 100 Å². The molecule has 0 aromatic carbocycles. The van der Waals surface area contributed by atoms with Crippen LogP contribution >= 0.6 is 11.6 Å². The average Bonchev–Trinajstić information content (AvgIpc) is 2.35. The van der Waals surface area contributed by atoms with Gasteiger partial charge in [0.05, 0.1) is 7.11 Å². The van der Waals surface area contributed by atoms with Crippen LogP contribution in [-0.2, 0) is 0 Å². The standard InChI is InChI=1S/C11H15ClN2O2/c1-3-14(8-6-12)11(15)9-5-4-7-13-10(9)16-2/h4-5,7H,3,6,8H2,1-2H3. The Bertz CT molecular complexity index is 358. The zero-order valence-corrected chi connectivity index (χ0v) is 10.2. The number of pyridine rings is 1. The van der Waals surface area contributed by atoms with Gasteiger partial charge in [0.2, 0.25) is 5.88 Å². The third kappa shape index (κ3) is 2.85. The number of rotatable bonds is 5. The number of alkyl halides is 1. The van der Waals surface area contributed by atoms with Gasteiger partial charge in [0, 0.05) is 25.2 Å². The van der Waals surface area contributed by atoms with Crippen molar-refractivity contribution in [1.82, 2.24) is 9.88 Å². The molecule has 4 nitrogen and oxygen atoms in total. The monoisotopic (exact) mass is 242 g/mol. The maximum absolute atomic E-state index is 12.1. The van der Waals surface area contributed by atoms with Crippen molar-refractivity contribution in [1.29, 1.82) is 0 Å². The Balaban J connectivity index is 2.93. The highest BCUT2D eigenvalue weighted by Gasteiger charge is 2.18. The first kappa shape index (κ1) is 12.8. The lowest BCUT2D eigenvalue weighted by Gasteiger charge is -2.20. The van der Waals surface area contributed by atoms with Crippen LogP contribution < -0.4 is 4.74 Å². The van der Waals surface area contributed by atoms with Crippen molar-refractivity contribution < 1.29 is 9.53 Å². The third-order valence-corrected chi connectivity index (χ3v) is 2.39. The van der Waals surface area contributed by atoms with Crippen molar-refractivity contribution >= 4 is 17.5 Å². The van der Waals surface area contributed by atoms with Crippen LogP contribution in [0.5, 0.6) is 5.88 Å². The van der Waals surface area contributed by atoms with Gasteiger partial charge in [-0.2, -0.15) is 0 Å². The van der Waals surface area contributed by atoms with Gasteiger partial charge < -0.3 is 9.64 Å². The quantitative estimate of drug-likeness (QED) is 0.740. The molecule has 0 aliphatic carbocycles. The van der Waals surface area contributed by atoms with Crippen molar-refractivity contribution in [2.24, 2.45) is 0 Å². The van der Waals surface area contributed by atoms with E-state index in [1.807, 2.05) is 6.92 Å². The third-order valence-electron chi connectivity index (χ3n) is 2.22. The van der Waals surface area contributed by atoms with Crippen LogP contribution in [0.1, 0.15) is 17.3 Å². The van der Waals surface area contributed by atoms with Gasteiger partial charge >= 0.3 is 0 Å². The van der Waals surface area contributed by atoms with Gasteiger partial charge in [-0.1, -0.05) is 0 Å². The first-order valence-corrected chi connectivity index (χ1v) is 5.62. The second kappa shape index (κ2) is 6.33. The average molecular weight is 243 g/mol. The molecule has 0 spiro atoms. The molecular formula is C11H15ClN2O2. The summed E-state index contributed by atoms with van der Waals surface area (Å²) < 4.78 is 5.05. The molecule has 1 rings (SSSR count). The molecule has 0 saturated heterocycles. The van der Waals surface area contributed by atoms with Gasteiger partial charge in [0.15, 0.2) is 0 Å². The van der Waals surface area contributed by atoms with Gasteiger partial charge in [-0.25, -0.2) is 4.98 Å². The summed E-state index contributed by atoms with van der Waals surface area (Å²) in [6, 6.07) is 3.41. The van der Waals surface area contributed by atoms with E-state index in [2.05, 4.69) is 4.98 Å². The molecule has 0 N–H and O–H groups in total. The molecule has 88 valence electrons. The molecule has 16 heavy (non-hydrogen) atoms. The predicted octanol–water partition coefficient (Wildman–Crippen LogP) is 1.79. The van der Waals surface area contributed by atoms with Gasteiger partial charge in [0.25, 0.3) is 5.91 Å². The summed E-state index contributed by atoms with van der Waals surface area (Å²) >= 11 is 5.64. The van der Waals surface area contributed by atoms with Crippen molar-refractivity contribution in [3.05, 3.63) is 23.9 Å². The van der Waals surface area contributed by atoms with Gasteiger partial charge in [-0.05, 0) is 19.1 Å². The molecule has 0 saturated carbocycles. The van der Waals surface area contributed by atoms with Crippen LogP contribution in [0.4, 0.5) is 0 Å². The number of halogens is 1. The number of nitrogens with zero attached hydrogens (tertiary/aromatic N) is 2. The van der Waals surface area contributed by atoms with E-state index in [0.29, 0.717) is 30.4 Å². The molecule has 0 atom stereocenters. The van der Waals surface area contributed by atoms with Crippen LogP contribution in [0.25, 0.3) is 0 Å². The van der Waals surface area contributed by atoms with E-state index in [1.54, 1.807) is 23.2 Å². The maximum Gasteiger partial charge on any atom is 0.259 e. The number of aromatic nitrogens is 1. The Hall–Kier alpha value is -1.29. The Kier molecular flexibility index (Phi) is 5.05. The lowest BCUT2D eigenvalue weighted by molar-refractivity contribution is 0.0770. The molecule has 1 aromatic rings. The highest BCUT2D eigenvalue weighted by atomic mass is 35.5. The molecule has 0 radical (unpaired) electrons. The van der Waals surface area contributed by atoms with Crippen LogP contribution in [0, 0.1) is 0 Å². The summed E-state index contributed by atoms with van der Waals surface area (Å²) in [4.78, 5) is 17.7. The maximum atomic E-state index is 12.1. The largest absolute Gasteiger partial charge is 0.480 e. The smallest absolute Gasteiger partial charge is 0.259 e. The molecule has 0 unspecified atom stereocenters. The molecule has 0 aliphatic rings. The highest BCUT2D eigenvalue weighted by Crippen LogP contribution is 2.15. The van der Waals surface area contributed by atoms with Crippen molar-refractivity contribution in [3.8, 4) is 5.88 Å². The highest BCUT2D eigenvalue weighted by molar-refractivity contribution is 6.18. The fraction of sp³-hybridized carbons (Fsp3) is 0.455. The number of carbonyl (C=O) groups excluding carboxylic acids is 1. The van der Waals surface area contributed by atoms with Crippen molar-refractivity contribution in [3.63, 3.8) is 0 Å². The number of amides is 1. The topological polar surface area (TPSA) is 42.4 Å². The molecule has 0 bridgehead atoms. The minimum Gasteiger partial charge on any atom is -0.480 e. The van der Waals surface area contributed by atoms with Crippen molar-refractivity contribution in [2.75, 3.05) is 26.1 Å². The summed E-state index contributed by atoms with van der Waals surface area (Å²) in [5.41, 5.74) is 0.469. The van der Waals surface area contributed by atoms with Crippen LogP contribution in [0.15, 0.2) is 18.3 Å². The zero-order valence-electron chi connectivity index (χ0n) is 9.44. The van der Waals surface area contributed by atoms with Gasteiger partial charge in [0.1, 0.15) is 5.56 Å². The van der Waals surface area contributed by atoms with Crippen LogP contribution in [-0.4, -0.2) is 41.9 Å². The van der Waals surface area contributed by atoms with Crippen LogP contribution in [0.3, 0.4) is 0 Å².